The highest BCUT2D eigenvalue weighted by molar-refractivity contribution is 5.98. The van der Waals surface area contributed by atoms with Crippen LogP contribution in [0.4, 0.5) is 9.59 Å². The zero-order valence-corrected chi connectivity index (χ0v) is 6.54. The van der Waals surface area contributed by atoms with Gasteiger partial charge in [-0.15, -0.1) is 0 Å². The molecule has 0 aromatic carbocycles. The molecule has 6 heteroatoms. The maximum absolute atomic E-state index is 9.86. The topological polar surface area (TPSA) is 83.8 Å². The van der Waals surface area contributed by atoms with Crippen molar-refractivity contribution in [3.05, 3.63) is 30.6 Å². The Kier molecular flexibility index (Phi) is 3.25. The molecule has 0 unspecified atom stereocenters. The molecule has 2 rings (SSSR count). The van der Waals surface area contributed by atoms with Gasteiger partial charge in [0.1, 0.15) is 0 Å². The summed E-state index contributed by atoms with van der Waals surface area (Å²) < 4.78 is 0. The maximum atomic E-state index is 9.86. The molecule has 0 bridgehead atoms. The largest absolute Gasteiger partial charge is 0.367 e. The number of carbonyl (C=O) groups is 2. The third-order valence-corrected chi connectivity index (χ3v) is 1.01. The summed E-state index contributed by atoms with van der Waals surface area (Å²) in [5.41, 5.74) is 0. The fourth-order valence-corrected chi connectivity index (χ4v) is 0.545. The van der Waals surface area contributed by atoms with Gasteiger partial charge < -0.3 is 0 Å². The molecule has 1 aromatic rings. The van der Waals surface area contributed by atoms with E-state index in [0.717, 1.165) is 0 Å². The summed E-state index contributed by atoms with van der Waals surface area (Å²) >= 11 is 0. The van der Waals surface area contributed by atoms with Gasteiger partial charge in [0, 0.05) is 12.4 Å². The van der Waals surface area contributed by atoms with E-state index in [-0.39, 0.29) is 0 Å². The average molecular weight is 178 g/mol. The molecule has 0 aliphatic carbocycles. The van der Waals surface area contributed by atoms with Crippen LogP contribution >= 0.6 is 0 Å². The summed E-state index contributed by atoms with van der Waals surface area (Å²) in [6.07, 6.45) is 3.50. The standard InChI is InChI=1S/C5H5N.C2HN3O2/c1-2-4-6-5-3-1;6-1-3-2(7)5-4-1/h1-5H;(H,3,6,7). The second-order valence-electron chi connectivity index (χ2n) is 1.96. The summed E-state index contributed by atoms with van der Waals surface area (Å²) in [4.78, 5) is 23.5. The van der Waals surface area contributed by atoms with Crippen molar-refractivity contribution in [2.24, 2.45) is 10.2 Å². The highest BCUT2D eigenvalue weighted by Crippen LogP contribution is 1.88. The van der Waals surface area contributed by atoms with Crippen molar-refractivity contribution < 1.29 is 9.59 Å². The van der Waals surface area contributed by atoms with E-state index in [1.807, 2.05) is 18.2 Å². The SMILES string of the molecule is O=C1N=NC(=O)N1.c1ccncc1. The van der Waals surface area contributed by atoms with E-state index in [1.54, 1.807) is 17.7 Å². The van der Waals surface area contributed by atoms with Gasteiger partial charge in [-0.2, -0.15) is 0 Å². The Morgan fingerprint density at radius 1 is 0.923 bits per heavy atom. The Labute approximate surface area is 73.7 Å². The van der Waals surface area contributed by atoms with E-state index in [1.165, 1.54) is 0 Å². The fraction of sp³-hybridized carbons (Fsp3) is 0. The number of urea groups is 2. The molecular formula is C7H6N4O2. The Balaban J connectivity index is 0.000000132. The van der Waals surface area contributed by atoms with Gasteiger partial charge in [0.25, 0.3) is 0 Å². The number of amides is 4. The molecule has 0 atom stereocenters. The molecule has 0 saturated carbocycles. The molecule has 0 fully saturated rings. The molecule has 1 aromatic heterocycles. The number of hydrogen-bond donors (Lipinski definition) is 1. The third kappa shape index (κ3) is 3.71. The predicted octanol–water partition coefficient (Wildman–Crippen LogP) is 1.36. The van der Waals surface area contributed by atoms with Crippen molar-refractivity contribution in [3.8, 4) is 0 Å². The zero-order valence-electron chi connectivity index (χ0n) is 6.54. The number of carbonyl (C=O) groups excluding carboxylic acids is 2. The van der Waals surface area contributed by atoms with Crippen molar-refractivity contribution in [2.45, 2.75) is 0 Å². The van der Waals surface area contributed by atoms with Crippen LogP contribution in [-0.2, 0) is 0 Å². The number of azo groups is 1. The Bertz CT molecular complexity index is 280. The lowest BCUT2D eigenvalue weighted by atomic mass is 10.5. The van der Waals surface area contributed by atoms with Crippen LogP contribution in [0.2, 0.25) is 0 Å². The van der Waals surface area contributed by atoms with Gasteiger partial charge in [-0.25, -0.2) is 9.59 Å². The number of hydrogen-bond acceptors (Lipinski definition) is 3. The monoisotopic (exact) mass is 178 g/mol. The molecule has 66 valence electrons. The van der Waals surface area contributed by atoms with E-state index >= 15 is 0 Å². The number of aromatic nitrogens is 1. The molecule has 13 heavy (non-hydrogen) atoms. The summed E-state index contributed by atoms with van der Waals surface area (Å²) in [5.74, 6) is 0. The molecular weight excluding hydrogens is 172 g/mol. The van der Waals surface area contributed by atoms with Crippen LogP contribution in [0.1, 0.15) is 0 Å². The number of rotatable bonds is 0. The van der Waals surface area contributed by atoms with E-state index < -0.39 is 12.1 Å². The molecule has 0 saturated heterocycles. The Morgan fingerprint density at radius 2 is 1.46 bits per heavy atom. The van der Waals surface area contributed by atoms with Gasteiger partial charge in [0.2, 0.25) is 0 Å². The number of nitrogens with zero attached hydrogens (tertiary/aromatic N) is 3. The van der Waals surface area contributed by atoms with E-state index in [2.05, 4.69) is 15.2 Å². The molecule has 1 aliphatic heterocycles. The number of pyridine rings is 1. The quantitative estimate of drug-likeness (QED) is 0.650. The van der Waals surface area contributed by atoms with Crippen LogP contribution in [0, 0.1) is 0 Å². The van der Waals surface area contributed by atoms with E-state index in [4.69, 9.17) is 0 Å². The first kappa shape index (κ1) is 8.98. The van der Waals surface area contributed by atoms with Gasteiger partial charge in [-0.05, 0) is 12.1 Å². The maximum Gasteiger partial charge on any atom is 0.367 e. The van der Waals surface area contributed by atoms with Crippen molar-refractivity contribution in [1.29, 1.82) is 0 Å². The second kappa shape index (κ2) is 4.70. The molecule has 1 aliphatic rings. The van der Waals surface area contributed by atoms with Crippen LogP contribution in [0.3, 0.4) is 0 Å². The fourth-order valence-electron chi connectivity index (χ4n) is 0.545. The third-order valence-electron chi connectivity index (χ3n) is 1.01. The first-order valence-electron chi connectivity index (χ1n) is 3.41. The Hall–Kier alpha value is -2.11. The molecule has 4 amide bonds. The first-order chi connectivity index (χ1) is 6.29. The van der Waals surface area contributed by atoms with Crippen LogP contribution < -0.4 is 5.32 Å². The van der Waals surface area contributed by atoms with Crippen LogP contribution in [-0.4, -0.2) is 17.0 Å². The van der Waals surface area contributed by atoms with Crippen LogP contribution in [0.25, 0.3) is 0 Å². The van der Waals surface area contributed by atoms with E-state index in [9.17, 15) is 9.59 Å². The number of nitrogens with one attached hydrogen (secondary N) is 1. The number of imide groups is 1. The molecule has 1 N–H and O–H groups in total. The van der Waals surface area contributed by atoms with Gasteiger partial charge >= 0.3 is 12.1 Å². The van der Waals surface area contributed by atoms with Crippen LogP contribution in [0.15, 0.2) is 40.8 Å². The normalized spacial score (nSPS) is 13.2. The minimum absolute atomic E-state index is 0.690. The molecule has 0 radical (unpaired) electrons. The van der Waals surface area contributed by atoms with Gasteiger partial charge in [-0.3, -0.25) is 10.3 Å². The van der Waals surface area contributed by atoms with Crippen molar-refractivity contribution in [2.75, 3.05) is 0 Å². The second-order valence-corrected chi connectivity index (χ2v) is 1.96. The minimum atomic E-state index is -0.690. The van der Waals surface area contributed by atoms with Crippen molar-refractivity contribution >= 4 is 12.1 Å². The lowest BCUT2D eigenvalue weighted by Crippen LogP contribution is -2.17. The lowest BCUT2D eigenvalue weighted by molar-refractivity contribution is 0.243. The first-order valence-corrected chi connectivity index (χ1v) is 3.41. The zero-order chi connectivity index (χ0) is 9.52. The smallest absolute Gasteiger partial charge is 0.265 e. The molecule has 2 heterocycles. The van der Waals surface area contributed by atoms with Crippen molar-refractivity contribution in [1.82, 2.24) is 10.3 Å². The highest BCUT2D eigenvalue weighted by atomic mass is 16.2. The molecule has 6 nitrogen and oxygen atoms in total. The average Bonchev–Trinajstić information content (AvgIpc) is 2.54. The molecule has 0 spiro atoms. The summed E-state index contributed by atoms with van der Waals surface area (Å²) in [6, 6.07) is 4.34. The summed E-state index contributed by atoms with van der Waals surface area (Å²) in [5, 5.41) is 7.49. The Morgan fingerprint density at radius 3 is 1.62 bits per heavy atom. The van der Waals surface area contributed by atoms with Gasteiger partial charge in [-0.1, -0.05) is 16.3 Å². The lowest BCUT2D eigenvalue weighted by Gasteiger charge is -1.74. The van der Waals surface area contributed by atoms with Gasteiger partial charge in [0.15, 0.2) is 0 Å². The van der Waals surface area contributed by atoms with E-state index in [0.29, 0.717) is 0 Å². The highest BCUT2D eigenvalue weighted by Gasteiger charge is 2.11. The minimum Gasteiger partial charge on any atom is -0.265 e. The van der Waals surface area contributed by atoms with Crippen LogP contribution in [0.5, 0.6) is 0 Å². The summed E-state index contributed by atoms with van der Waals surface area (Å²) in [6.45, 7) is 0. The van der Waals surface area contributed by atoms with Crippen molar-refractivity contribution in [3.63, 3.8) is 0 Å². The van der Waals surface area contributed by atoms with Gasteiger partial charge in [0.05, 0.1) is 0 Å². The predicted molar refractivity (Wildman–Crippen MR) is 43.0 cm³/mol. The summed E-state index contributed by atoms with van der Waals surface area (Å²) in [7, 11) is 0.